The van der Waals surface area contributed by atoms with Crippen molar-refractivity contribution in [1.82, 2.24) is 0 Å². The van der Waals surface area contributed by atoms with E-state index in [1.165, 1.54) is 0 Å². The van der Waals surface area contributed by atoms with Crippen molar-refractivity contribution in [3.05, 3.63) is 29.3 Å². The zero-order valence-electron chi connectivity index (χ0n) is 10.5. The maximum atomic E-state index is 12.0. The van der Waals surface area contributed by atoms with Gasteiger partial charge in [0.2, 0.25) is 5.91 Å². The second kappa shape index (κ2) is 5.21. The predicted octanol–water partition coefficient (Wildman–Crippen LogP) is 2.60. The van der Waals surface area contributed by atoms with E-state index < -0.39 is 5.97 Å². The summed E-state index contributed by atoms with van der Waals surface area (Å²) in [6.45, 7) is 2.58. The van der Waals surface area contributed by atoms with Gasteiger partial charge in [0.25, 0.3) is 0 Å². The molecule has 1 aliphatic heterocycles. The van der Waals surface area contributed by atoms with E-state index in [0.717, 1.165) is 37.1 Å². The first kappa shape index (κ1) is 12.6. The van der Waals surface area contributed by atoms with E-state index in [1.807, 2.05) is 6.92 Å². The fourth-order valence-corrected chi connectivity index (χ4v) is 2.33. The molecule has 0 saturated carbocycles. The Morgan fingerprint density at radius 2 is 2.06 bits per heavy atom. The quantitative estimate of drug-likeness (QED) is 0.873. The van der Waals surface area contributed by atoms with Crippen LogP contribution >= 0.6 is 0 Å². The van der Waals surface area contributed by atoms with Crippen LogP contribution in [0, 0.1) is 6.92 Å². The number of anilines is 1. The SMILES string of the molecule is Cc1cc(C(=O)O)ccc1N1CCCCCC1=O. The van der Waals surface area contributed by atoms with E-state index in [0.29, 0.717) is 6.42 Å². The first-order chi connectivity index (χ1) is 8.59. The highest BCUT2D eigenvalue weighted by Crippen LogP contribution is 2.25. The van der Waals surface area contributed by atoms with Crippen LogP contribution < -0.4 is 4.90 Å². The Morgan fingerprint density at radius 1 is 1.28 bits per heavy atom. The number of amides is 1. The maximum absolute atomic E-state index is 12.0. The predicted molar refractivity (Wildman–Crippen MR) is 69.0 cm³/mol. The maximum Gasteiger partial charge on any atom is 0.335 e. The number of hydrogen-bond acceptors (Lipinski definition) is 2. The van der Waals surface area contributed by atoms with Crippen molar-refractivity contribution in [3.8, 4) is 0 Å². The molecule has 1 heterocycles. The van der Waals surface area contributed by atoms with Crippen LogP contribution in [-0.4, -0.2) is 23.5 Å². The molecule has 1 aliphatic rings. The van der Waals surface area contributed by atoms with Gasteiger partial charge in [-0.2, -0.15) is 0 Å². The minimum absolute atomic E-state index is 0.138. The van der Waals surface area contributed by atoms with Crippen molar-refractivity contribution >= 4 is 17.6 Å². The lowest BCUT2D eigenvalue weighted by molar-refractivity contribution is -0.118. The summed E-state index contributed by atoms with van der Waals surface area (Å²) in [5.41, 5.74) is 1.94. The molecular formula is C14H17NO3. The van der Waals surface area contributed by atoms with E-state index in [2.05, 4.69) is 0 Å². The highest BCUT2D eigenvalue weighted by atomic mass is 16.4. The van der Waals surface area contributed by atoms with Crippen molar-refractivity contribution in [2.45, 2.75) is 32.6 Å². The van der Waals surface area contributed by atoms with Crippen LogP contribution in [0.4, 0.5) is 5.69 Å². The number of aromatic carboxylic acids is 1. The van der Waals surface area contributed by atoms with Gasteiger partial charge in [0.1, 0.15) is 0 Å². The molecular weight excluding hydrogens is 230 g/mol. The Bertz CT molecular complexity index is 482. The summed E-state index contributed by atoms with van der Waals surface area (Å²) < 4.78 is 0. The van der Waals surface area contributed by atoms with E-state index in [1.54, 1.807) is 23.1 Å². The van der Waals surface area contributed by atoms with Crippen LogP contribution in [0.5, 0.6) is 0 Å². The molecule has 1 amide bonds. The van der Waals surface area contributed by atoms with Gasteiger partial charge in [0.05, 0.1) is 5.56 Å². The second-order valence-electron chi connectivity index (χ2n) is 4.66. The van der Waals surface area contributed by atoms with Crippen molar-refractivity contribution in [1.29, 1.82) is 0 Å². The number of carboxylic acids is 1. The molecule has 2 rings (SSSR count). The Balaban J connectivity index is 2.32. The topological polar surface area (TPSA) is 57.6 Å². The van der Waals surface area contributed by atoms with Crippen molar-refractivity contribution in [2.75, 3.05) is 11.4 Å². The van der Waals surface area contributed by atoms with E-state index >= 15 is 0 Å². The van der Waals surface area contributed by atoms with Crippen LogP contribution in [0.1, 0.15) is 41.6 Å². The lowest BCUT2D eigenvalue weighted by atomic mass is 10.1. The van der Waals surface area contributed by atoms with Crippen molar-refractivity contribution < 1.29 is 14.7 Å². The molecule has 1 saturated heterocycles. The highest BCUT2D eigenvalue weighted by Gasteiger charge is 2.20. The summed E-state index contributed by atoms with van der Waals surface area (Å²) >= 11 is 0. The normalized spacial score (nSPS) is 16.5. The van der Waals surface area contributed by atoms with Crippen molar-refractivity contribution in [3.63, 3.8) is 0 Å². The summed E-state index contributed by atoms with van der Waals surface area (Å²) in [7, 11) is 0. The van der Waals surface area contributed by atoms with E-state index in [9.17, 15) is 9.59 Å². The largest absolute Gasteiger partial charge is 0.478 e. The molecule has 4 nitrogen and oxygen atoms in total. The summed E-state index contributed by atoms with van der Waals surface area (Å²) in [5.74, 6) is -0.800. The van der Waals surface area contributed by atoms with Crippen LogP contribution in [0.3, 0.4) is 0 Å². The van der Waals surface area contributed by atoms with Gasteiger partial charge in [-0.05, 0) is 43.5 Å². The molecule has 18 heavy (non-hydrogen) atoms. The fourth-order valence-electron chi connectivity index (χ4n) is 2.33. The van der Waals surface area contributed by atoms with Gasteiger partial charge in [-0.1, -0.05) is 6.42 Å². The van der Waals surface area contributed by atoms with Crippen LogP contribution in [0.25, 0.3) is 0 Å². The zero-order valence-corrected chi connectivity index (χ0v) is 10.5. The first-order valence-corrected chi connectivity index (χ1v) is 6.24. The number of carbonyl (C=O) groups is 2. The molecule has 0 aromatic heterocycles. The molecule has 0 unspecified atom stereocenters. The Hall–Kier alpha value is -1.84. The molecule has 0 radical (unpaired) electrons. The van der Waals surface area contributed by atoms with Gasteiger partial charge in [-0.3, -0.25) is 4.79 Å². The smallest absolute Gasteiger partial charge is 0.335 e. The van der Waals surface area contributed by atoms with Crippen LogP contribution in [0.15, 0.2) is 18.2 Å². The molecule has 0 atom stereocenters. The average molecular weight is 247 g/mol. The number of carbonyl (C=O) groups excluding carboxylic acids is 1. The number of aryl methyl sites for hydroxylation is 1. The second-order valence-corrected chi connectivity index (χ2v) is 4.66. The molecule has 96 valence electrons. The standard InChI is InChI=1S/C14H17NO3/c1-10-9-11(14(17)18)6-7-12(10)15-8-4-2-3-5-13(15)16/h6-7,9H,2-5,8H2,1H3,(H,17,18). The Kier molecular flexibility index (Phi) is 3.65. The molecule has 1 aromatic carbocycles. The molecule has 0 aliphatic carbocycles. The summed E-state index contributed by atoms with van der Waals surface area (Å²) in [4.78, 5) is 24.7. The van der Waals surface area contributed by atoms with Crippen LogP contribution in [-0.2, 0) is 4.79 Å². The Labute approximate surface area is 106 Å². The number of carboxylic acid groups (broad SMARTS) is 1. The van der Waals surface area contributed by atoms with E-state index in [-0.39, 0.29) is 11.5 Å². The lowest BCUT2D eigenvalue weighted by Crippen LogP contribution is -2.30. The van der Waals surface area contributed by atoms with Gasteiger partial charge in [0, 0.05) is 18.7 Å². The minimum Gasteiger partial charge on any atom is -0.478 e. The molecule has 1 fully saturated rings. The zero-order chi connectivity index (χ0) is 13.1. The van der Waals surface area contributed by atoms with Gasteiger partial charge in [0.15, 0.2) is 0 Å². The number of hydrogen-bond donors (Lipinski definition) is 1. The third-order valence-electron chi connectivity index (χ3n) is 3.31. The molecule has 1 N–H and O–H groups in total. The third-order valence-corrected chi connectivity index (χ3v) is 3.31. The number of nitrogens with zero attached hydrogens (tertiary/aromatic N) is 1. The van der Waals surface area contributed by atoms with Gasteiger partial charge in [-0.25, -0.2) is 4.79 Å². The van der Waals surface area contributed by atoms with Crippen molar-refractivity contribution in [2.24, 2.45) is 0 Å². The van der Waals surface area contributed by atoms with Gasteiger partial charge in [-0.15, -0.1) is 0 Å². The number of rotatable bonds is 2. The summed E-state index contributed by atoms with van der Waals surface area (Å²) in [6, 6.07) is 4.92. The van der Waals surface area contributed by atoms with Gasteiger partial charge < -0.3 is 10.0 Å². The molecule has 4 heteroatoms. The fraction of sp³-hybridized carbons (Fsp3) is 0.429. The third kappa shape index (κ3) is 2.53. The minimum atomic E-state index is -0.938. The van der Waals surface area contributed by atoms with Crippen LogP contribution in [0.2, 0.25) is 0 Å². The lowest BCUT2D eigenvalue weighted by Gasteiger charge is -2.22. The average Bonchev–Trinajstić information content (AvgIpc) is 2.54. The highest BCUT2D eigenvalue weighted by molar-refractivity contribution is 5.95. The molecule has 0 spiro atoms. The first-order valence-electron chi connectivity index (χ1n) is 6.24. The van der Waals surface area contributed by atoms with Gasteiger partial charge >= 0.3 is 5.97 Å². The summed E-state index contributed by atoms with van der Waals surface area (Å²) in [6.07, 6.45) is 3.61. The number of benzene rings is 1. The molecule has 0 bridgehead atoms. The van der Waals surface area contributed by atoms with E-state index in [4.69, 9.17) is 5.11 Å². The summed E-state index contributed by atoms with van der Waals surface area (Å²) in [5, 5.41) is 8.93. The molecule has 1 aromatic rings. The monoisotopic (exact) mass is 247 g/mol. The Morgan fingerprint density at radius 3 is 2.72 bits per heavy atom.